The normalized spacial score (nSPS) is 5.00. The van der Waals surface area contributed by atoms with Gasteiger partial charge in [0.15, 0.2) is 0 Å². The minimum absolute atomic E-state index is 0. The zero-order valence-corrected chi connectivity index (χ0v) is 8.66. The first-order valence-electron chi connectivity index (χ1n) is 0.597. The van der Waals surface area contributed by atoms with Crippen molar-refractivity contribution >= 4 is 17.0 Å². The van der Waals surface area contributed by atoms with Gasteiger partial charge in [-0.05, 0) is 0 Å². The van der Waals surface area contributed by atoms with Crippen LogP contribution in [0.15, 0.2) is 0 Å². The van der Waals surface area contributed by atoms with Gasteiger partial charge in [-0.15, -0.1) is 0 Å². The van der Waals surface area contributed by atoms with Crippen molar-refractivity contribution in [2.75, 3.05) is 0 Å². The van der Waals surface area contributed by atoms with Crippen LogP contribution in [0.3, 0.4) is 0 Å². The Kier molecular flexibility index (Phi) is 8.63. The molecule has 0 aromatic rings. The zero-order valence-electron chi connectivity index (χ0n) is 2.40. The summed E-state index contributed by atoms with van der Waals surface area (Å²) in [6, 6.07) is 0. The van der Waals surface area contributed by atoms with Gasteiger partial charge in [-0.3, -0.25) is 0 Å². The van der Waals surface area contributed by atoms with Crippen molar-refractivity contribution in [1.29, 1.82) is 0 Å². The second-order valence-electron chi connectivity index (χ2n) is 0.238. The molecule has 0 bridgehead atoms. The first-order chi connectivity index (χ1) is 1.73. The van der Waals surface area contributed by atoms with Gasteiger partial charge in [0.25, 0.3) is 0 Å². The number of carboxylic acid groups (broad SMARTS) is 1. The summed E-state index contributed by atoms with van der Waals surface area (Å²) in [6.07, 6.45) is 0. The number of hydrogen-bond acceptors (Lipinski definition) is 2. The van der Waals surface area contributed by atoms with Crippen molar-refractivity contribution in [1.82, 2.24) is 0 Å². The first-order valence-corrected chi connectivity index (χ1v) is 0.975. The van der Waals surface area contributed by atoms with Gasteiger partial charge < -0.3 is 9.90 Å². The second kappa shape index (κ2) is 4.70. The summed E-state index contributed by atoms with van der Waals surface area (Å²) in [4.78, 5) is 8.65. The topological polar surface area (TPSA) is 40.1 Å². The Labute approximate surface area is 54.6 Å². The summed E-state index contributed by atoms with van der Waals surface area (Å²) in [6.45, 7) is 0. The van der Waals surface area contributed by atoms with Crippen LogP contribution in [0.1, 0.15) is 0 Å². The van der Waals surface area contributed by atoms with Gasteiger partial charge in [-0.2, -0.15) is 0 Å². The van der Waals surface area contributed by atoms with Crippen LogP contribution in [0.5, 0.6) is 0 Å². The average Bonchev–Trinajstić information content (AvgIpc) is 0.811. The molecular weight excluding hydrogens is 280 g/mol. The summed E-state index contributed by atoms with van der Waals surface area (Å²) >= 11 is 4.08. The molecule has 0 amide bonds. The smallest absolute Gasteiger partial charge is 0.534 e. The molecule has 0 unspecified atom stereocenters. The van der Waals surface area contributed by atoms with Crippen LogP contribution in [0.2, 0.25) is 0 Å². The van der Waals surface area contributed by atoms with Crippen LogP contribution < -0.4 is 5.11 Å². The van der Waals surface area contributed by atoms with E-state index in [0.717, 1.165) is 0 Å². The van der Waals surface area contributed by atoms with E-state index in [1.54, 1.807) is 0 Å². The van der Waals surface area contributed by atoms with E-state index in [1.807, 2.05) is 0 Å². The maximum absolute atomic E-state index is 8.65. The molecule has 1 radical (unpaired) electrons. The van der Waals surface area contributed by atoms with E-state index in [4.69, 9.17) is 9.90 Å². The van der Waals surface area contributed by atoms with E-state index in [0.29, 0.717) is 0 Å². The molecule has 0 atom stereocenters. The van der Waals surface area contributed by atoms with E-state index >= 15 is 0 Å². The molecular formula is CClHgO2. The third-order valence-corrected chi connectivity index (χ3v) is 0. The predicted molar refractivity (Wildman–Crippen MR) is 11.2 cm³/mol. The molecule has 0 saturated heterocycles. The first kappa shape index (κ1) is 9.19. The van der Waals surface area contributed by atoms with Gasteiger partial charge in [0.2, 0.25) is 0 Å². The van der Waals surface area contributed by atoms with E-state index in [1.165, 1.54) is 0 Å². The number of carbonyl (C=O) groups is 1. The number of rotatable bonds is 0. The quantitative estimate of drug-likeness (QED) is 0.446. The van der Waals surface area contributed by atoms with Crippen LogP contribution in [-0.2, 0) is 27.7 Å². The molecule has 0 aliphatic heterocycles. The minimum atomic E-state index is -1.61. The van der Waals surface area contributed by atoms with Gasteiger partial charge in [0.05, 0.1) is 0 Å². The molecule has 0 aliphatic rings. The Hall–Kier alpha value is 0.695. The second-order valence-corrected chi connectivity index (χ2v) is 0.546. The van der Waals surface area contributed by atoms with Crippen molar-refractivity contribution in [2.45, 2.75) is 0 Å². The Balaban J connectivity index is 0. The van der Waals surface area contributed by atoms with Crippen LogP contribution in [0.25, 0.3) is 0 Å². The molecule has 0 rings (SSSR count). The summed E-state index contributed by atoms with van der Waals surface area (Å²) in [5.41, 5.74) is -1.61. The van der Waals surface area contributed by atoms with E-state index in [-0.39, 0.29) is 27.7 Å². The molecule has 0 heterocycles. The monoisotopic (exact) mass is 281 g/mol. The Morgan fingerprint density at radius 1 is 1.80 bits per heavy atom. The minimum Gasteiger partial charge on any atom is -0.534 e. The van der Waals surface area contributed by atoms with Crippen molar-refractivity contribution in [3.8, 4) is 0 Å². The molecule has 0 aromatic carbocycles. The SMILES string of the molecule is O=C([O-])Cl.[Hg+]. The maximum Gasteiger partial charge on any atom is 1.00 e. The fourth-order valence-electron chi connectivity index (χ4n) is 0. The largest absolute Gasteiger partial charge is 1.00 e. The average molecular weight is 280 g/mol. The molecule has 0 aliphatic carbocycles. The van der Waals surface area contributed by atoms with Crippen LogP contribution in [-0.4, -0.2) is 5.43 Å². The molecule has 2 nitrogen and oxygen atoms in total. The maximum atomic E-state index is 8.65. The fraction of sp³-hybridized carbons (Fsp3) is 0. The number of hydrogen-bond donors (Lipinski definition) is 0. The molecule has 4 heteroatoms. The van der Waals surface area contributed by atoms with Gasteiger partial charge in [0.1, 0.15) is 5.43 Å². The van der Waals surface area contributed by atoms with Crippen LogP contribution >= 0.6 is 11.6 Å². The Morgan fingerprint density at radius 3 is 1.80 bits per heavy atom. The summed E-state index contributed by atoms with van der Waals surface area (Å²) in [7, 11) is 0. The Bertz CT molecular complexity index is 32.6. The van der Waals surface area contributed by atoms with E-state index in [2.05, 4.69) is 11.6 Å². The van der Waals surface area contributed by atoms with Crippen molar-refractivity contribution in [3.05, 3.63) is 0 Å². The van der Waals surface area contributed by atoms with Crippen LogP contribution in [0.4, 0.5) is 4.79 Å². The van der Waals surface area contributed by atoms with Gasteiger partial charge in [-0.1, -0.05) is 11.6 Å². The molecule has 25 valence electrons. The van der Waals surface area contributed by atoms with Crippen LogP contribution in [0, 0.1) is 0 Å². The molecule has 0 fully saturated rings. The molecule has 0 saturated carbocycles. The molecule has 0 spiro atoms. The third-order valence-electron chi connectivity index (χ3n) is 0. The number of carbonyl (C=O) groups excluding carboxylic acids is 1. The summed E-state index contributed by atoms with van der Waals surface area (Å²) in [5, 5.41) is 8.65. The Morgan fingerprint density at radius 2 is 1.80 bits per heavy atom. The van der Waals surface area contributed by atoms with Gasteiger partial charge >= 0.3 is 27.7 Å². The van der Waals surface area contributed by atoms with Crippen molar-refractivity contribution in [3.63, 3.8) is 0 Å². The third kappa shape index (κ3) is 70.6. The summed E-state index contributed by atoms with van der Waals surface area (Å²) < 4.78 is 0. The predicted octanol–water partition coefficient (Wildman–Crippen LogP) is -0.434. The zero-order chi connectivity index (χ0) is 3.58. The van der Waals surface area contributed by atoms with Gasteiger partial charge in [0, 0.05) is 0 Å². The molecule has 0 N–H and O–H groups in total. The summed E-state index contributed by atoms with van der Waals surface area (Å²) in [5.74, 6) is 0. The van der Waals surface area contributed by atoms with Crippen molar-refractivity contribution < 1.29 is 37.6 Å². The van der Waals surface area contributed by atoms with E-state index < -0.39 is 5.43 Å². The standard InChI is InChI=1S/CHClO2.Hg/c2-1(3)4;/h(H,3,4);/q;+1/p-1. The molecule has 5 heavy (non-hydrogen) atoms. The van der Waals surface area contributed by atoms with E-state index in [9.17, 15) is 0 Å². The van der Waals surface area contributed by atoms with Crippen molar-refractivity contribution in [2.24, 2.45) is 0 Å². The molecule has 0 aromatic heterocycles. The van der Waals surface area contributed by atoms with Gasteiger partial charge in [-0.25, -0.2) is 0 Å². The number of halogens is 1. The fourth-order valence-corrected chi connectivity index (χ4v) is 0.